The molecule has 0 saturated carbocycles. The van der Waals surface area contributed by atoms with Crippen molar-refractivity contribution in [2.45, 2.75) is 32.7 Å². The molecule has 0 bridgehead atoms. The second kappa shape index (κ2) is 9.64. The molecule has 1 aliphatic heterocycles. The number of carbonyl (C=O) groups excluding carboxylic acids is 1. The lowest BCUT2D eigenvalue weighted by Crippen LogP contribution is -2.46. The molecule has 1 aromatic carbocycles. The molecule has 1 fully saturated rings. The molecule has 134 valence electrons. The number of hydrogen-bond acceptors (Lipinski definition) is 4. The molecule has 1 heterocycles. The van der Waals surface area contributed by atoms with Gasteiger partial charge in [-0.25, -0.2) is 0 Å². The van der Waals surface area contributed by atoms with Gasteiger partial charge in [0, 0.05) is 31.2 Å². The normalized spacial score (nSPS) is 18.0. The fourth-order valence-corrected chi connectivity index (χ4v) is 3.11. The van der Waals surface area contributed by atoms with Crippen LogP contribution in [0.2, 0.25) is 0 Å². The van der Waals surface area contributed by atoms with Gasteiger partial charge in [-0.05, 0) is 57.2 Å². The van der Waals surface area contributed by atoms with Gasteiger partial charge in [0.05, 0.1) is 0 Å². The van der Waals surface area contributed by atoms with E-state index in [0.29, 0.717) is 12.6 Å². The molecule has 1 saturated heterocycles. The van der Waals surface area contributed by atoms with Crippen LogP contribution in [0.5, 0.6) is 5.75 Å². The van der Waals surface area contributed by atoms with E-state index < -0.39 is 0 Å². The van der Waals surface area contributed by atoms with Crippen molar-refractivity contribution in [1.29, 1.82) is 0 Å². The minimum absolute atomic E-state index is 0.115. The molecular weight excluding hydrogens is 302 g/mol. The molecule has 2 rings (SSSR count). The van der Waals surface area contributed by atoms with Crippen LogP contribution in [-0.2, 0) is 0 Å². The van der Waals surface area contributed by atoms with E-state index in [9.17, 15) is 4.79 Å². The molecule has 24 heavy (non-hydrogen) atoms. The number of amides is 1. The Bertz CT molecular complexity index is 500. The first-order valence-electron chi connectivity index (χ1n) is 9.09. The van der Waals surface area contributed by atoms with Gasteiger partial charge in [0.25, 0.3) is 5.91 Å². The van der Waals surface area contributed by atoms with E-state index in [1.54, 1.807) is 0 Å². The number of nitrogens with zero attached hydrogens (tertiary/aromatic N) is 2. The molecule has 1 unspecified atom stereocenters. The summed E-state index contributed by atoms with van der Waals surface area (Å²) in [4.78, 5) is 16.9. The third-order valence-corrected chi connectivity index (χ3v) is 4.79. The molecule has 0 spiro atoms. The zero-order valence-electron chi connectivity index (χ0n) is 15.3. The van der Waals surface area contributed by atoms with E-state index in [4.69, 9.17) is 4.74 Å². The second-order valence-electron chi connectivity index (χ2n) is 6.28. The van der Waals surface area contributed by atoms with Gasteiger partial charge in [-0.2, -0.15) is 0 Å². The first kappa shape index (κ1) is 18.7. The number of ether oxygens (including phenoxy) is 1. The fourth-order valence-electron chi connectivity index (χ4n) is 3.11. The smallest absolute Gasteiger partial charge is 0.253 e. The van der Waals surface area contributed by atoms with E-state index in [2.05, 4.69) is 24.1 Å². The number of piperidine rings is 1. The molecule has 0 aliphatic carbocycles. The Morgan fingerprint density at radius 3 is 2.62 bits per heavy atom. The fraction of sp³-hybridized carbons (Fsp3) is 0.632. The van der Waals surface area contributed by atoms with Gasteiger partial charge in [-0.15, -0.1) is 0 Å². The van der Waals surface area contributed by atoms with Crippen molar-refractivity contribution in [2.75, 3.05) is 46.4 Å². The molecule has 5 nitrogen and oxygen atoms in total. The molecule has 5 heteroatoms. The van der Waals surface area contributed by atoms with E-state index in [1.165, 1.54) is 0 Å². The largest absolute Gasteiger partial charge is 0.492 e. The minimum atomic E-state index is 0.115. The Kier molecular flexibility index (Phi) is 7.53. The Morgan fingerprint density at radius 1 is 1.29 bits per heavy atom. The lowest BCUT2D eigenvalue weighted by Gasteiger charge is -2.32. The van der Waals surface area contributed by atoms with Crippen molar-refractivity contribution >= 4 is 5.91 Å². The van der Waals surface area contributed by atoms with Crippen molar-refractivity contribution in [3.8, 4) is 5.75 Å². The Hall–Kier alpha value is -1.59. The number of hydrogen-bond donors (Lipinski definition) is 1. The van der Waals surface area contributed by atoms with Crippen LogP contribution in [0.1, 0.15) is 37.0 Å². The number of rotatable bonds is 8. The van der Waals surface area contributed by atoms with Crippen LogP contribution in [0.15, 0.2) is 24.3 Å². The number of likely N-dealkylation sites (N-methyl/N-ethyl adjacent to an activating group) is 2. The maximum absolute atomic E-state index is 12.6. The lowest BCUT2D eigenvalue weighted by atomic mass is 10.0. The highest BCUT2D eigenvalue weighted by atomic mass is 16.5. The Balaban J connectivity index is 1.85. The monoisotopic (exact) mass is 333 g/mol. The molecule has 1 amide bonds. The van der Waals surface area contributed by atoms with Crippen LogP contribution < -0.4 is 10.1 Å². The quantitative estimate of drug-likeness (QED) is 0.792. The molecule has 0 radical (unpaired) electrons. The summed E-state index contributed by atoms with van der Waals surface area (Å²) in [6, 6.07) is 7.95. The molecule has 1 aromatic rings. The average molecular weight is 333 g/mol. The first-order chi connectivity index (χ1) is 11.7. The van der Waals surface area contributed by atoms with Gasteiger partial charge in [-0.1, -0.05) is 13.8 Å². The van der Waals surface area contributed by atoms with Crippen molar-refractivity contribution in [3.63, 3.8) is 0 Å². The molecule has 1 N–H and O–H groups in total. The topological polar surface area (TPSA) is 44.8 Å². The van der Waals surface area contributed by atoms with Gasteiger partial charge in [0.15, 0.2) is 0 Å². The van der Waals surface area contributed by atoms with Crippen molar-refractivity contribution < 1.29 is 9.53 Å². The van der Waals surface area contributed by atoms with Crippen LogP contribution >= 0.6 is 0 Å². The third-order valence-electron chi connectivity index (χ3n) is 4.79. The minimum Gasteiger partial charge on any atom is -0.492 e. The Morgan fingerprint density at radius 2 is 2.00 bits per heavy atom. The Labute approximate surface area is 146 Å². The molecule has 0 aromatic heterocycles. The highest BCUT2D eigenvalue weighted by molar-refractivity contribution is 5.94. The zero-order chi connectivity index (χ0) is 17.4. The van der Waals surface area contributed by atoms with Gasteiger partial charge in [0.1, 0.15) is 12.4 Å². The van der Waals surface area contributed by atoms with Crippen LogP contribution in [0.25, 0.3) is 0 Å². The zero-order valence-corrected chi connectivity index (χ0v) is 15.3. The highest BCUT2D eigenvalue weighted by Gasteiger charge is 2.23. The molecule has 1 atom stereocenters. The standard InChI is InChI=1S/C19H31N3O2/c1-4-21(5-2)13-14-24-18-10-8-16(9-11-18)19(23)22-12-6-7-17(15-22)20-3/h8-11,17,20H,4-7,12-15H2,1-3H3. The first-order valence-corrected chi connectivity index (χ1v) is 9.09. The van der Waals surface area contributed by atoms with Crippen LogP contribution in [0.3, 0.4) is 0 Å². The average Bonchev–Trinajstić information content (AvgIpc) is 2.65. The second-order valence-corrected chi connectivity index (χ2v) is 6.28. The number of nitrogens with one attached hydrogen (secondary N) is 1. The third kappa shape index (κ3) is 5.21. The number of carbonyl (C=O) groups is 1. The van der Waals surface area contributed by atoms with Gasteiger partial charge < -0.3 is 19.9 Å². The summed E-state index contributed by atoms with van der Waals surface area (Å²) >= 11 is 0. The van der Waals surface area contributed by atoms with Crippen LogP contribution in [0.4, 0.5) is 0 Å². The summed E-state index contributed by atoms with van der Waals surface area (Å²) in [6.07, 6.45) is 2.20. The molecular formula is C19H31N3O2. The van der Waals surface area contributed by atoms with Crippen LogP contribution in [0, 0.1) is 0 Å². The predicted octanol–water partition coefficient (Wildman–Crippen LogP) is 2.23. The van der Waals surface area contributed by atoms with E-state index in [-0.39, 0.29) is 5.91 Å². The summed E-state index contributed by atoms with van der Waals surface area (Å²) in [7, 11) is 1.96. The van der Waals surface area contributed by atoms with Gasteiger partial charge in [0.2, 0.25) is 0 Å². The number of likely N-dealkylation sites (tertiary alicyclic amines) is 1. The van der Waals surface area contributed by atoms with Crippen molar-refractivity contribution in [2.24, 2.45) is 0 Å². The van der Waals surface area contributed by atoms with E-state index in [1.807, 2.05) is 36.2 Å². The van der Waals surface area contributed by atoms with Crippen LogP contribution in [-0.4, -0.2) is 68.1 Å². The predicted molar refractivity (Wildman–Crippen MR) is 97.7 cm³/mol. The highest BCUT2D eigenvalue weighted by Crippen LogP contribution is 2.17. The summed E-state index contributed by atoms with van der Waals surface area (Å²) in [5, 5.41) is 3.27. The van der Waals surface area contributed by atoms with Crippen molar-refractivity contribution in [1.82, 2.24) is 15.1 Å². The summed E-state index contributed by atoms with van der Waals surface area (Å²) in [5.41, 5.74) is 0.739. The van der Waals surface area contributed by atoms with E-state index in [0.717, 1.165) is 56.9 Å². The number of benzene rings is 1. The summed E-state index contributed by atoms with van der Waals surface area (Å²) in [5.74, 6) is 0.940. The van der Waals surface area contributed by atoms with Gasteiger partial charge >= 0.3 is 0 Å². The maximum Gasteiger partial charge on any atom is 0.253 e. The maximum atomic E-state index is 12.6. The van der Waals surface area contributed by atoms with Gasteiger partial charge in [-0.3, -0.25) is 4.79 Å². The van der Waals surface area contributed by atoms with Crippen molar-refractivity contribution in [3.05, 3.63) is 29.8 Å². The van der Waals surface area contributed by atoms with E-state index >= 15 is 0 Å². The molecule has 1 aliphatic rings. The summed E-state index contributed by atoms with van der Waals surface area (Å²) in [6.45, 7) is 9.62. The SMILES string of the molecule is CCN(CC)CCOc1ccc(C(=O)N2CCCC(NC)C2)cc1. The summed E-state index contributed by atoms with van der Waals surface area (Å²) < 4.78 is 5.78. The lowest BCUT2D eigenvalue weighted by molar-refractivity contribution is 0.0698.